The lowest BCUT2D eigenvalue weighted by atomic mass is 9.92. The van der Waals surface area contributed by atoms with Gasteiger partial charge >= 0.3 is 6.03 Å². The largest absolute Gasteiger partial charge is 0.324 e. The summed E-state index contributed by atoms with van der Waals surface area (Å²) in [7, 11) is 0. The summed E-state index contributed by atoms with van der Waals surface area (Å²) >= 11 is 0. The van der Waals surface area contributed by atoms with E-state index in [9.17, 15) is 14.9 Å². The number of carbonyl (C=O) groups is 1. The second-order valence-corrected chi connectivity index (χ2v) is 8.25. The van der Waals surface area contributed by atoms with Crippen LogP contribution in [0.15, 0.2) is 48.5 Å². The maximum Gasteiger partial charge on any atom is 0.324 e. The van der Waals surface area contributed by atoms with Gasteiger partial charge in [-0.15, -0.1) is 0 Å². The zero-order valence-electron chi connectivity index (χ0n) is 17.7. The Kier molecular flexibility index (Phi) is 5.60. The summed E-state index contributed by atoms with van der Waals surface area (Å²) < 4.78 is 1.68. The Labute approximate surface area is 175 Å². The normalized spacial score (nSPS) is 11.2. The molecule has 3 aromatic rings. The zero-order chi connectivity index (χ0) is 22.1. The summed E-state index contributed by atoms with van der Waals surface area (Å²) in [6.45, 7) is 9.79. The monoisotopic (exact) mass is 407 g/mol. The summed E-state index contributed by atoms with van der Waals surface area (Å²) in [5, 5.41) is 21.3. The molecule has 0 aliphatic heterocycles. The van der Waals surface area contributed by atoms with Crippen LogP contribution in [0.25, 0.3) is 5.69 Å². The minimum atomic E-state index is -0.512. The van der Waals surface area contributed by atoms with E-state index in [0.717, 1.165) is 16.9 Å². The van der Waals surface area contributed by atoms with Crippen molar-refractivity contribution in [2.24, 2.45) is 0 Å². The highest BCUT2D eigenvalue weighted by Crippen LogP contribution is 2.27. The van der Waals surface area contributed by atoms with Crippen molar-refractivity contribution in [3.63, 3.8) is 0 Å². The van der Waals surface area contributed by atoms with Crippen LogP contribution in [0.2, 0.25) is 0 Å². The fourth-order valence-electron chi connectivity index (χ4n) is 2.88. The highest BCUT2D eigenvalue weighted by atomic mass is 16.6. The first-order valence-corrected chi connectivity index (χ1v) is 9.55. The van der Waals surface area contributed by atoms with Crippen molar-refractivity contribution in [3.05, 3.63) is 75.5 Å². The number of aryl methyl sites for hydroxylation is 2. The van der Waals surface area contributed by atoms with Gasteiger partial charge in [-0.3, -0.25) is 15.4 Å². The SMILES string of the molecule is Cc1ccc(-n2nc(C(C)(C)C)cc2NC(=O)Nc2ccc(C)c([N+](=O)[O-])c2)cc1. The number of carbonyl (C=O) groups excluding carboxylic acids is 1. The smallest absolute Gasteiger partial charge is 0.307 e. The number of nitrogens with zero attached hydrogens (tertiary/aromatic N) is 3. The van der Waals surface area contributed by atoms with Crippen molar-refractivity contribution in [1.82, 2.24) is 9.78 Å². The third kappa shape index (κ3) is 4.65. The van der Waals surface area contributed by atoms with Gasteiger partial charge in [-0.1, -0.05) is 44.5 Å². The number of nitro groups is 1. The number of hydrogen-bond donors (Lipinski definition) is 2. The molecule has 0 aliphatic carbocycles. The average Bonchev–Trinajstić information content (AvgIpc) is 3.07. The quantitative estimate of drug-likeness (QED) is 0.450. The number of benzene rings is 2. The van der Waals surface area contributed by atoms with Crippen molar-refractivity contribution in [2.45, 2.75) is 40.0 Å². The molecule has 0 spiro atoms. The first-order chi connectivity index (χ1) is 14.0. The van der Waals surface area contributed by atoms with Gasteiger partial charge in [0.1, 0.15) is 5.82 Å². The minimum absolute atomic E-state index is 0.0486. The van der Waals surface area contributed by atoms with Crippen molar-refractivity contribution < 1.29 is 9.72 Å². The van der Waals surface area contributed by atoms with Gasteiger partial charge in [0.25, 0.3) is 5.69 Å². The van der Waals surface area contributed by atoms with Crippen LogP contribution in [-0.2, 0) is 5.41 Å². The van der Waals surface area contributed by atoms with E-state index in [1.54, 1.807) is 23.7 Å². The van der Waals surface area contributed by atoms with Gasteiger partial charge in [0.15, 0.2) is 0 Å². The molecule has 0 saturated heterocycles. The summed E-state index contributed by atoms with van der Waals surface area (Å²) in [4.78, 5) is 23.3. The molecule has 1 heterocycles. The molecular formula is C22H25N5O3. The number of amides is 2. The van der Waals surface area contributed by atoms with Gasteiger partial charge in [-0.05, 0) is 32.0 Å². The summed E-state index contributed by atoms with van der Waals surface area (Å²) in [6, 6.07) is 13.7. The molecule has 0 saturated carbocycles. The summed E-state index contributed by atoms with van der Waals surface area (Å²) in [6.07, 6.45) is 0. The van der Waals surface area contributed by atoms with Crippen LogP contribution in [-0.4, -0.2) is 20.7 Å². The number of nitrogens with one attached hydrogen (secondary N) is 2. The Morgan fingerprint density at radius 3 is 2.30 bits per heavy atom. The molecule has 156 valence electrons. The molecule has 30 heavy (non-hydrogen) atoms. The third-order valence-corrected chi connectivity index (χ3v) is 4.66. The van der Waals surface area contributed by atoms with Crippen LogP contribution >= 0.6 is 0 Å². The molecule has 2 N–H and O–H groups in total. The lowest BCUT2D eigenvalue weighted by molar-refractivity contribution is -0.385. The Morgan fingerprint density at radius 2 is 1.70 bits per heavy atom. The molecule has 0 bridgehead atoms. The molecule has 0 atom stereocenters. The number of rotatable bonds is 4. The second-order valence-electron chi connectivity index (χ2n) is 8.25. The Hall–Kier alpha value is -3.68. The minimum Gasteiger partial charge on any atom is -0.307 e. The van der Waals surface area contributed by atoms with Crippen LogP contribution in [0, 0.1) is 24.0 Å². The van der Waals surface area contributed by atoms with E-state index in [1.807, 2.05) is 58.0 Å². The highest BCUT2D eigenvalue weighted by Gasteiger charge is 2.22. The predicted molar refractivity (Wildman–Crippen MR) is 117 cm³/mol. The first-order valence-electron chi connectivity index (χ1n) is 9.55. The van der Waals surface area contributed by atoms with E-state index in [1.165, 1.54) is 6.07 Å². The van der Waals surface area contributed by atoms with Crippen LogP contribution in [0.1, 0.15) is 37.6 Å². The summed E-state index contributed by atoms with van der Waals surface area (Å²) in [5.41, 5.74) is 3.37. The first kappa shape index (κ1) is 21.0. The standard InChI is InChI=1S/C22H25N5O3/c1-14-6-10-17(11-7-14)26-20(13-19(25-26)22(3,4)5)24-21(28)23-16-9-8-15(2)18(12-16)27(29)30/h6-13H,1-5H3,(H2,23,24,28). The van der Waals surface area contributed by atoms with Gasteiger partial charge in [0, 0.05) is 28.8 Å². The molecule has 3 rings (SSSR count). The topological polar surface area (TPSA) is 102 Å². The van der Waals surface area contributed by atoms with Crippen LogP contribution in [0.5, 0.6) is 0 Å². The molecule has 1 aromatic heterocycles. The molecule has 0 fully saturated rings. The molecule has 0 unspecified atom stereocenters. The maximum atomic E-state index is 12.6. The molecule has 2 aromatic carbocycles. The Morgan fingerprint density at radius 1 is 1.03 bits per heavy atom. The molecule has 8 nitrogen and oxygen atoms in total. The van der Waals surface area contributed by atoms with E-state index < -0.39 is 11.0 Å². The van der Waals surface area contributed by atoms with E-state index in [4.69, 9.17) is 0 Å². The van der Waals surface area contributed by atoms with E-state index >= 15 is 0 Å². The number of nitro benzene ring substituents is 1. The fraction of sp³-hybridized carbons (Fsp3) is 0.273. The Balaban J connectivity index is 1.89. The number of aromatic nitrogens is 2. The molecule has 8 heteroatoms. The fourth-order valence-corrected chi connectivity index (χ4v) is 2.88. The van der Waals surface area contributed by atoms with Crippen molar-refractivity contribution in [2.75, 3.05) is 10.6 Å². The highest BCUT2D eigenvalue weighted by molar-refractivity contribution is 5.99. The number of urea groups is 1. The summed E-state index contributed by atoms with van der Waals surface area (Å²) in [5.74, 6) is 0.503. The van der Waals surface area contributed by atoms with Crippen LogP contribution in [0.4, 0.5) is 22.0 Å². The van der Waals surface area contributed by atoms with Crippen molar-refractivity contribution in [1.29, 1.82) is 0 Å². The van der Waals surface area contributed by atoms with Gasteiger partial charge < -0.3 is 5.32 Å². The molecule has 0 radical (unpaired) electrons. The second kappa shape index (κ2) is 7.98. The van der Waals surface area contributed by atoms with Gasteiger partial charge in [0.05, 0.1) is 16.3 Å². The zero-order valence-corrected chi connectivity index (χ0v) is 17.7. The van der Waals surface area contributed by atoms with Crippen molar-refractivity contribution in [3.8, 4) is 5.69 Å². The van der Waals surface area contributed by atoms with Gasteiger partial charge in [-0.25, -0.2) is 9.48 Å². The maximum absolute atomic E-state index is 12.6. The average molecular weight is 407 g/mol. The number of anilines is 2. The lowest BCUT2D eigenvalue weighted by Gasteiger charge is -2.14. The predicted octanol–water partition coefficient (Wildman–Crippen LogP) is 5.34. The van der Waals surface area contributed by atoms with Gasteiger partial charge in [-0.2, -0.15) is 5.10 Å². The van der Waals surface area contributed by atoms with E-state index in [2.05, 4.69) is 15.7 Å². The van der Waals surface area contributed by atoms with Crippen LogP contribution < -0.4 is 10.6 Å². The van der Waals surface area contributed by atoms with E-state index in [0.29, 0.717) is 17.1 Å². The van der Waals surface area contributed by atoms with Gasteiger partial charge in [0.2, 0.25) is 0 Å². The van der Waals surface area contributed by atoms with E-state index in [-0.39, 0.29) is 11.1 Å². The third-order valence-electron chi connectivity index (χ3n) is 4.66. The molecular weight excluding hydrogens is 382 g/mol. The number of hydrogen-bond acceptors (Lipinski definition) is 4. The molecule has 0 aliphatic rings. The van der Waals surface area contributed by atoms with Crippen LogP contribution in [0.3, 0.4) is 0 Å². The lowest BCUT2D eigenvalue weighted by Crippen LogP contribution is -2.21. The Bertz CT molecular complexity index is 1090. The van der Waals surface area contributed by atoms with Crippen molar-refractivity contribution >= 4 is 23.2 Å². The molecule has 2 amide bonds.